The van der Waals surface area contributed by atoms with Crippen molar-refractivity contribution in [1.29, 1.82) is 0 Å². The highest BCUT2D eigenvalue weighted by molar-refractivity contribution is 5.95. The highest BCUT2D eigenvalue weighted by atomic mass is 16.2. The van der Waals surface area contributed by atoms with E-state index in [1.165, 1.54) is 6.33 Å². The Morgan fingerprint density at radius 3 is 3.04 bits per heavy atom. The van der Waals surface area contributed by atoms with Gasteiger partial charge in [0.25, 0.3) is 0 Å². The predicted octanol–water partition coefficient (Wildman–Crippen LogP) is 1.65. The minimum atomic E-state index is 0.171. The molecule has 2 aromatic rings. The van der Waals surface area contributed by atoms with Crippen LogP contribution in [-0.2, 0) is 11.3 Å². The zero-order valence-electron chi connectivity index (χ0n) is 13.0. The standard InChI is InChI=1S/C17H21N5O/c23-16(15-9-17(15)4-6-18-7-5-17)21-14-3-1-2-13(8-14)10-22-12-19-11-20-22/h1-3,8,11-12,15,18H,4-7,9-10H2,(H,21,23). The van der Waals surface area contributed by atoms with Crippen molar-refractivity contribution in [2.45, 2.75) is 25.8 Å². The average molecular weight is 311 g/mol. The lowest BCUT2D eigenvalue weighted by Gasteiger charge is -2.23. The largest absolute Gasteiger partial charge is 0.326 e. The van der Waals surface area contributed by atoms with E-state index in [-0.39, 0.29) is 17.2 Å². The average Bonchev–Trinajstić information content (AvgIpc) is 3.00. The van der Waals surface area contributed by atoms with Crippen molar-refractivity contribution in [3.05, 3.63) is 42.5 Å². The van der Waals surface area contributed by atoms with Gasteiger partial charge in [-0.3, -0.25) is 4.79 Å². The van der Waals surface area contributed by atoms with Crippen LogP contribution in [0, 0.1) is 11.3 Å². The molecule has 0 radical (unpaired) electrons. The smallest absolute Gasteiger partial charge is 0.228 e. The van der Waals surface area contributed by atoms with Crippen molar-refractivity contribution in [2.24, 2.45) is 11.3 Å². The van der Waals surface area contributed by atoms with Gasteiger partial charge in [-0.2, -0.15) is 5.10 Å². The molecule has 0 bridgehead atoms. The van der Waals surface area contributed by atoms with E-state index in [0.717, 1.165) is 43.6 Å². The van der Waals surface area contributed by atoms with Crippen molar-refractivity contribution in [2.75, 3.05) is 18.4 Å². The summed E-state index contributed by atoms with van der Waals surface area (Å²) in [6.07, 6.45) is 6.50. The van der Waals surface area contributed by atoms with Crippen molar-refractivity contribution in [3.63, 3.8) is 0 Å². The van der Waals surface area contributed by atoms with Crippen molar-refractivity contribution >= 4 is 11.6 Å². The molecule has 2 N–H and O–H groups in total. The number of piperidine rings is 1. The van der Waals surface area contributed by atoms with Crippen LogP contribution in [0.15, 0.2) is 36.9 Å². The van der Waals surface area contributed by atoms with Gasteiger partial charge in [0.15, 0.2) is 0 Å². The van der Waals surface area contributed by atoms with E-state index in [1.54, 1.807) is 11.0 Å². The monoisotopic (exact) mass is 311 g/mol. The molecule has 1 aromatic carbocycles. The van der Waals surface area contributed by atoms with E-state index in [4.69, 9.17) is 0 Å². The number of amides is 1. The molecule has 6 nitrogen and oxygen atoms in total. The Morgan fingerprint density at radius 2 is 2.26 bits per heavy atom. The summed E-state index contributed by atoms with van der Waals surface area (Å²) in [4.78, 5) is 16.5. The third-order valence-corrected chi connectivity index (χ3v) is 5.11. The molecule has 4 rings (SSSR count). The van der Waals surface area contributed by atoms with Gasteiger partial charge in [-0.05, 0) is 55.5 Å². The summed E-state index contributed by atoms with van der Waals surface area (Å²) < 4.78 is 1.77. The SMILES string of the molecule is O=C(Nc1cccc(Cn2cncn2)c1)C1CC12CCNCC2. The Labute approximate surface area is 135 Å². The maximum Gasteiger partial charge on any atom is 0.228 e. The van der Waals surface area contributed by atoms with Crippen LogP contribution in [0.4, 0.5) is 5.69 Å². The number of rotatable bonds is 4. The number of carbonyl (C=O) groups excluding carboxylic acids is 1. The zero-order chi connectivity index (χ0) is 15.7. The molecule has 2 aliphatic rings. The first kappa shape index (κ1) is 14.4. The van der Waals surface area contributed by atoms with Crippen molar-refractivity contribution in [3.8, 4) is 0 Å². The van der Waals surface area contributed by atoms with Gasteiger partial charge in [0.05, 0.1) is 6.54 Å². The Balaban J connectivity index is 1.40. The van der Waals surface area contributed by atoms with Crippen molar-refractivity contribution < 1.29 is 4.79 Å². The fraction of sp³-hybridized carbons (Fsp3) is 0.471. The first-order chi connectivity index (χ1) is 11.3. The summed E-state index contributed by atoms with van der Waals surface area (Å²) in [5.41, 5.74) is 2.23. The Bertz CT molecular complexity index is 691. The maximum atomic E-state index is 12.5. The van der Waals surface area contributed by atoms with Gasteiger partial charge in [0, 0.05) is 11.6 Å². The molecule has 1 aliphatic heterocycles. The van der Waals surface area contributed by atoms with Crippen LogP contribution in [0.5, 0.6) is 0 Å². The first-order valence-electron chi connectivity index (χ1n) is 8.18. The number of hydrogen-bond donors (Lipinski definition) is 2. The number of aromatic nitrogens is 3. The van der Waals surface area contributed by atoms with Gasteiger partial charge < -0.3 is 10.6 Å². The van der Waals surface area contributed by atoms with Crippen LogP contribution in [0.2, 0.25) is 0 Å². The summed E-state index contributed by atoms with van der Waals surface area (Å²) in [5.74, 6) is 0.355. The Morgan fingerprint density at radius 1 is 1.39 bits per heavy atom. The molecule has 1 aliphatic carbocycles. The summed E-state index contributed by atoms with van der Waals surface area (Å²) in [7, 11) is 0. The second-order valence-electron chi connectivity index (χ2n) is 6.65. The summed E-state index contributed by atoms with van der Waals surface area (Å²) in [5, 5.41) is 10.6. The topological polar surface area (TPSA) is 71.8 Å². The summed E-state index contributed by atoms with van der Waals surface area (Å²) >= 11 is 0. The second kappa shape index (κ2) is 5.77. The van der Waals surface area contributed by atoms with Crippen LogP contribution >= 0.6 is 0 Å². The molecule has 1 amide bonds. The van der Waals surface area contributed by atoms with E-state index in [9.17, 15) is 4.79 Å². The van der Waals surface area contributed by atoms with Gasteiger partial charge in [-0.25, -0.2) is 9.67 Å². The van der Waals surface area contributed by atoms with E-state index in [0.29, 0.717) is 6.54 Å². The fourth-order valence-electron chi connectivity index (χ4n) is 3.67. The summed E-state index contributed by atoms with van der Waals surface area (Å²) in [6.45, 7) is 2.73. The Kier molecular flexibility index (Phi) is 3.61. The molecule has 1 spiro atoms. The minimum absolute atomic E-state index is 0.171. The molecule has 6 heteroatoms. The quantitative estimate of drug-likeness (QED) is 0.901. The molecule has 1 atom stereocenters. The molecule has 23 heavy (non-hydrogen) atoms. The van der Waals surface area contributed by atoms with E-state index in [1.807, 2.05) is 24.3 Å². The molecule has 1 aromatic heterocycles. The van der Waals surface area contributed by atoms with Crippen LogP contribution < -0.4 is 10.6 Å². The molecule has 2 fully saturated rings. The van der Waals surface area contributed by atoms with Crippen LogP contribution in [0.3, 0.4) is 0 Å². The number of benzene rings is 1. The minimum Gasteiger partial charge on any atom is -0.326 e. The molecular weight excluding hydrogens is 290 g/mol. The van der Waals surface area contributed by atoms with E-state index in [2.05, 4.69) is 20.7 Å². The molecule has 120 valence electrons. The number of nitrogens with one attached hydrogen (secondary N) is 2. The lowest BCUT2D eigenvalue weighted by Crippen LogP contribution is -2.31. The number of nitrogens with zero attached hydrogens (tertiary/aromatic N) is 3. The van der Waals surface area contributed by atoms with E-state index < -0.39 is 0 Å². The van der Waals surface area contributed by atoms with E-state index >= 15 is 0 Å². The van der Waals surface area contributed by atoms with Gasteiger partial charge in [-0.1, -0.05) is 12.1 Å². The fourth-order valence-corrected chi connectivity index (χ4v) is 3.67. The Hall–Kier alpha value is -2.21. The van der Waals surface area contributed by atoms with Crippen LogP contribution in [0.25, 0.3) is 0 Å². The zero-order valence-corrected chi connectivity index (χ0v) is 13.0. The number of anilines is 1. The van der Waals surface area contributed by atoms with Gasteiger partial charge in [-0.15, -0.1) is 0 Å². The highest BCUT2D eigenvalue weighted by Crippen LogP contribution is 2.58. The lowest BCUT2D eigenvalue weighted by molar-refractivity contribution is -0.118. The molecule has 1 unspecified atom stereocenters. The first-order valence-corrected chi connectivity index (χ1v) is 8.18. The van der Waals surface area contributed by atoms with Crippen LogP contribution in [0.1, 0.15) is 24.8 Å². The highest BCUT2D eigenvalue weighted by Gasteiger charge is 2.57. The third-order valence-electron chi connectivity index (χ3n) is 5.11. The van der Waals surface area contributed by atoms with Gasteiger partial charge in [0.1, 0.15) is 12.7 Å². The van der Waals surface area contributed by atoms with Crippen LogP contribution in [-0.4, -0.2) is 33.8 Å². The predicted molar refractivity (Wildman–Crippen MR) is 86.8 cm³/mol. The molecule has 2 heterocycles. The molecule has 1 saturated heterocycles. The maximum absolute atomic E-state index is 12.5. The number of carbonyl (C=O) groups is 1. The van der Waals surface area contributed by atoms with Crippen molar-refractivity contribution in [1.82, 2.24) is 20.1 Å². The normalized spacial score (nSPS) is 22.0. The third kappa shape index (κ3) is 2.99. The second-order valence-corrected chi connectivity index (χ2v) is 6.65. The molecular formula is C17H21N5O. The van der Waals surface area contributed by atoms with Gasteiger partial charge in [0.2, 0.25) is 5.91 Å². The number of hydrogen-bond acceptors (Lipinski definition) is 4. The molecule has 1 saturated carbocycles. The summed E-state index contributed by atoms with van der Waals surface area (Å²) in [6, 6.07) is 7.95. The van der Waals surface area contributed by atoms with Gasteiger partial charge >= 0.3 is 0 Å². The lowest BCUT2D eigenvalue weighted by atomic mass is 9.92.